The molecule has 0 radical (unpaired) electrons. The van der Waals surface area contributed by atoms with E-state index in [0.717, 1.165) is 0 Å². The molecule has 1 saturated heterocycles. The summed E-state index contributed by atoms with van der Waals surface area (Å²) >= 11 is 0. The maximum Gasteiger partial charge on any atom is 0.428 e. The van der Waals surface area contributed by atoms with Crippen molar-refractivity contribution in [1.29, 1.82) is 0 Å². The molecular formula is C34H44F3N3O6. The number of nitrogens with zero attached hydrogens (tertiary/aromatic N) is 3. The molecule has 2 fully saturated rings. The number of aryl methyl sites for hydroxylation is 1. The zero-order valence-corrected chi connectivity index (χ0v) is 27.2. The lowest BCUT2D eigenvalue weighted by atomic mass is 9.77. The van der Waals surface area contributed by atoms with Crippen molar-refractivity contribution >= 4 is 29.2 Å². The van der Waals surface area contributed by atoms with Crippen LogP contribution in [0.3, 0.4) is 0 Å². The number of amides is 1. The molecule has 12 heteroatoms. The summed E-state index contributed by atoms with van der Waals surface area (Å²) in [5.74, 6) is -2.98. The Morgan fingerprint density at radius 3 is 2.46 bits per heavy atom. The summed E-state index contributed by atoms with van der Waals surface area (Å²) in [6, 6.07) is 4.48. The van der Waals surface area contributed by atoms with Gasteiger partial charge in [-0.05, 0) is 56.1 Å². The van der Waals surface area contributed by atoms with Crippen molar-refractivity contribution in [3.63, 3.8) is 0 Å². The number of aromatic nitrogens is 2. The monoisotopic (exact) mass is 647 g/mol. The van der Waals surface area contributed by atoms with E-state index in [1.165, 1.54) is 4.90 Å². The number of alkyl halides is 3. The molecule has 1 aromatic carbocycles. The first kappa shape index (κ1) is 33.9. The topological polar surface area (TPSA) is 108 Å². The van der Waals surface area contributed by atoms with Gasteiger partial charge < -0.3 is 23.9 Å². The molecule has 5 rings (SSSR count). The third-order valence-electron chi connectivity index (χ3n) is 10.2. The number of esters is 1. The number of benzene rings is 1. The van der Waals surface area contributed by atoms with Crippen LogP contribution in [0.1, 0.15) is 84.8 Å². The first-order chi connectivity index (χ1) is 21.7. The van der Waals surface area contributed by atoms with Crippen LogP contribution < -0.4 is 9.47 Å². The average molecular weight is 648 g/mol. The Morgan fingerprint density at radius 2 is 1.78 bits per heavy atom. The largest absolute Gasteiger partial charge is 0.497 e. The third-order valence-corrected chi connectivity index (χ3v) is 10.2. The van der Waals surface area contributed by atoms with E-state index < -0.39 is 65.4 Å². The van der Waals surface area contributed by atoms with Crippen LogP contribution in [0.25, 0.3) is 11.0 Å². The Morgan fingerprint density at radius 1 is 1.04 bits per heavy atom. The van der Waals surface area contributed by atoms with Crippen LogP contribution in [-0.4, -0.2) is 70.6 Å². The van der Waals surface area contributed by atoms with Crippen LogP contribution >= 0.6 is 0 Å². The Bertz CT molecular complexity index is 1460. The zero-order chi connectivity index (χ0) is 33.4. The van der Waals surface area contributed by atoms with Gasteiger partial charge in [0, 0.05) is 17.9 Å². The highest BCUT2D eigenvalue weighted by Crippen LogP contribution is 2.52. The van der Waals surface area contributed by atoms with E-state index >= 15 is 0 Å². The Balaban J connectivity index is 1.55. The van der Waals surface area contributed by atoms with Crippen molar-refractivity contribution in [2.75, 3.05) is 13.7 Å². The van der Waals surface area contributed by atoms with Gasteiger partial charge in [0.25, 0.3) is 0 Å². The van der Waals surface area contributed by atoms with Crippen molar-refractivity contribution < 1.29 is 41.8 Å². The van der Waals surface area contributed by atoms with Gasteiger partial charge in [-0.3, -0.25) is 9.59 Å². The number of methoxy groups -OCH3 is 1. The minimum Gasteiger partial charge on any atom is -0.497 e. The van der Waals surface area contributed by atoms with E-state index in [1.54, 1.807) is 46.1 Å². The van der Waals surface area contributed by atoms with Gasteiger partial charge in [-0.15, -0.1) is 0 Å². The van der Waals surface area contributed by atoms with E-state index in [-0.39, 0.29) is 19.4 Å². The first-order valence-corrected chi connectivity index (χ1v) is 16.2. The van der Waals surface area contributed by atoms with Gasteiger partial charge in [-0.2, -0.15) is 13.2 Å². The summed E-state index contributed by atoms with van der Waals surface area (Å²) in [6.07, 6.45) is -2.37. The number of carbonyl (C=O) groups is 3. The summed E-state index contributed by atoms with van der Waals surface area (Å²) in [5.41, 5.74) is -1.59. The van der Waals surface area contributed by atoms with Crippen LogP contribution in [0.4, 0.5) is 13.2 Å². The third kappa shape index (κ3) is 6.53. The van der Waals surface area contributed by atoms with Gasteiger partial charge in [-0.25, -0.2) is 9.97 Å². The average Bonchev–Trinajstić information content (AvgIpc) is 3.54. The highest BCUT2D eigenvalue weighted by atomic mass is 19.4. The lowest BCUT2D eigenvalue weighted by Gasteiger charge is -2.38. The van der Waals surface area contributed by atoms with Gasteiger partial charge in [0.1, 0.15) is 23.8 Å². The highest BCUT2D eigenvalue weighted by molar-refractivity contribution is 5.87. The van der Waals surface area contributed by atoms with Gasteiger partial charge in [0.2, 0.25) is 17.4 Å². The Kier molecular flexibility index (Phi) is 9.57. The molecule has 252 valence electrons. The number of ether oxygens (including phenoxy) is 3. The summed E-state index contributed by atoms with van der Waals surface area (Å²) in [6.45, 7) is 7.10. The van der Waals surface area contributed by atoms with E-state index in [2.05, 4.69) is 0 Å². The second kappa shape index (κ2) is 13.0. The molecule has 3 aliphatic rings. The second-order valence-electron chi connectivity index (χ2n) is 14.1. The Hall–Kier alpha value is -3.44. The van der Waals surface area contributed by atoms with Gasteiger partial charge in [0.05, 0.1) is 43.1 Å². The summed E-state index contributed by atoms with van der Waals surface area (Å²) in [7, 11) is 1.56. The molecular weight excluding hydrogens is 603 g/mol. The predicted molar refractivity (Wildman–Crippen MR) is 163 cm³/mol. The molecule has 1 saturated carbocycles. The van der Waals surface area contributed by atoms with E-state index in [4.69, 9.17) is 24.2 Å². The number of halogens is 3. The molecule has 1 aromatic heterocycles. The fraction of sp³-hybridized carbons (Fsp3) is 0.676. The van der Waals surface area contributed by atoms with Crippen LogP contribution in [0.15, 0.2) is 18.2 Å². The van der Waals surface area contributed by atoms with Crippen LogP contribution in [0.2, 0.25) is 0 Å². The normalized spacial score (nSPS) is 30.1. The van der Waals surface area contributed by atoms with E-state index in [9.17, 15) is 27.6 Å². The van der Waals surface area contributed by atoms with E-state index in [1.807, 2.05) is 6.92 Å². The molecule has 46 heavy (non-hydrogen) atoms. The molecule has 1 amide bonds. The summed E-state index contributed by atoms with van der Waals surface area (Å²) in [4.78, 5) is 50.9. The fourth-order valence-electron chi connectivity index (χ4n) is 7.37. The molecule has 2 aliphatic heterocycles. The lowest BCUT2D eigenvalue weighted by molar-refractivity contribution is -0.282. The van der Waals surface area contributed by atoms with Crippen LogP contribution in [0, 0.1) is 23.2 Å². The number of rotatable bonds is 2. The fourth-order valence-corrected chi connectivity index (χ4v) is 7.37. The molecule has 2 bridgehead atoms. The highest BCUT2D eigenvalue weighted by Gasteiger charge is 2.64. The maximum absolute atomic E-state index is 14.7. The van der Waals surface area contributed by atoms with Crippen molar-refractivity contribution in [3.05, 3.63) is 23.9 Å². The van der Waals surface area contributed by atoms with Crippen LogP contribution in [-0.2, 0) is 25.5 Å². The van der Waals surface area contributed by atoms with E-state index in [0.29, 0.717) is 73.2 Å². The quantitative estimate of drug-likeness (QED) is 0.278. The number of hydrogen-bond acceptors (Lipinski definition) is 8. The molecule has 0 N–H and O–H groups in total. The number of aldehydes is 1. The Labute approximate surface area is 267 Å². The molecule has 3 heterocycles. The lowest BCUT2D eigenvalue weighted by Crippen LogP contribution is -2.52. The minimum absolute atomic E-state index is 0.0386. The molecule has 1 aliphatic carbocycles. The predicted octanol–water partition coefficient (Wildman–Crippen LogP) is 6.24. The number of fused-ring (bicyclic) bond motifs is 5. The molecule has 0 spiro atoms. The SMILES string of the molecule is COc1ccc2nc3c(nc2c1)O[C@H]1CN(C(=O)[C@H](C(C)(C)C)CC(=O)O[C@]2(C(F)(F)F)CCC[C@H]2CCCCC3)[C@H](C=O)[C@@H]1C. The molecule has 2 aromatic rings. The molecule has 6 atom stereocenters. The zero-order valence-electron chi connectivity index (χ0n) is 27.2. The minimum atomic E-state index is -4.75. The molecule has 0 unspecified atom stereocenters. The second-order valence-corrected chi connectivity index (χ2v) is 14.1. The van der Waals surface area contributed by atoms with Crippen LogP contribution in [0.5, 0.6) is 11.6 Å². The number of carbonyl (C=O) groups excluding carboxylic acids is 3. The summed E-state index contributed by atoms with van der Waals surface area (Å²) < 4.78 is 61.5. The molecule has 9 nitrogen and oxygen atoms in total. The van der Waals surface area contributed by atoms with Gasteiger partial charge in [0.15, 0.2) is 0 Å². The van der Waals surface area contributed by atoms with Crippen molar-refractivity contribution in [1.82, 2.24) is 14.9 Å². The van der Waals surface area contributed by atoms with Crippen molar-refractivity contribution in [3.8, 4) is 11.6 Å². The van der Waals surface area contributed by atoms with Crippen molar-refractivity contribution in [2.24, 2.45) is 23.2 Å². The van der Waals surface area contributed by atoms with Crippen molar-refractivity contribution in [2.45, 2.75) is 109 Å². The van der Waals surface area contributed by atoms with Gasteiger partial charge in [-0.1, -0.05) is 40.5 Å². The summed E-state index contributed by atoms with van der Waals surface area (Å²) in [5, 5.41) is 0. The van der Waals surface area contributed by atoms with Gasteiger partial charge >= 0.3 is 12.1 Å². The first-order valence-electron chi connectivity index (χ1n) is 16.2. The number of hydrogen-bond donors (Lipinski definition) is 0. The maximum atomic E-state index is 14.7. The smallest absolute Gasteiger partial charge is 0.428 e. The standard InChI is InChI=1S/C34H44F3N3O6/c1-20-27(19-41)40-18-28(20)45-30-25(38-24-14-13-22(44-5)16-26(24)39-30)12-8-6-7-10-21-11-9-15-33(21,34(35,36)37)46-29(42)17-23(31(40)43)32(2,3)4/h13-14,16,19-21,23,27-28H,6-12,15,17-18H2,1-5H3/t20-,21+,23+,27+,28-,33+/m0/s1.